The Bertz CT molecular complexity index is 470. The molecule has 0 fully saturated rings. The first-order chi connectivity index (χ1) is 12.8. The number of amides is 1. The summed E-state index contributed by atoms with van der Waals surface area (Å²) in [5.74, 6) is 0.0898. The van der Waals surface area contributed by atoms with Crippen LogP contribution in [0.3, 0.4) is 0 Å². The maximum atomic E-state index is 11.8. The first-order valence-electron chi connectivity index (χ1n) is 10.5. The molecule has 1 aromatic rings. The van der Waals surface area contributed by atoms with Gasteiger partial charge in [-0.3, -0.25) is 10.2 Å². The molecule has 3 nitrogen and oxygen atoms in total. The number of allylic oxidation sites excluding steroid dienone is 2. The van der Waals surface area contributed by atoms with Crippen LogP contribution in [0.15, 0.2) is 42.5 Å². The molecule has 0 aromatic heterocycles. The second kappa shape index (κ2) is 16.8. The van der Waals surface area contributed by atoms with E-state index in [1.54, 1.807) is 0 Å². The summed E-state index contributed by atoms with van der Waals surface area (Å²) in [5.41, 5.74) is 6.94. The van der Waals surface area contributed by atoms with Crippen LogP contribution >= 0.6 is 0 Å². The Kier molecular flexibility index (Phi) is 14.5. The van der Waals surface area contributed by atoms with Crippen molar-refractivity contribution >= 4 is 5.91 Å². The average Bonchev–Trinajstić information content (AvgIpc) is 2.66. The standard InChI is InChI=1S/C23H38N2O/c1-2-3-4-5-6-7-8-9-10-11-12-13-17-20-23(26)25-24-21-22-18-15-14-16-19-22/h7-8,14-16,18-19,24H,2-6,9-13,17,20-21H2,1H3,(H,25,26). The highest BCUT2D eigenvalue weighted by Crippen LogP contribution is 2.08. The molecular weight excluding hydrogens is 320 g/mol. The first kappa shape index (κ1) is 22.4. The van der Waals surface area contributed by atoms with Gasteiger partial charge in [-0.2, -0.15) is 0 Å². The summed E-state index contributed by atoms with van der Waals surface area (Å²) in [5, 5.41) is 0. The zero-order chi connectivity index (χ0) is 18.7. The van der Waals surface area contributed by atoms with Gasteiger partial charge >= 0.3 is 0 Å². The van der Waals surface area contributed by atoms with E-state index in [0.717, 1.165) is 12.8 Å². The summed E-state index contributed by atoms with van der Waals surface area (Å²) in [7, 11) is 0. The number of hydrazine groups is 1. The molecule has 0 heterocycles. The van der Waals surface area contributed by atoms with Crippen LogP contribution in [0.25, 0.3) is 0 Å². The number of nitrogens with one attached hydrogen (secondary N) is 2. The zero-order valence-corrected chi connectivity index (χ0v) is 16.6. The highest BCUT2D eigenvalue weighted by atomic mass is 16.2. The SMILES string of the molecule is CCCCCCC=CCCCCCCCC(=O)NNCc1ccccc1. The van der Waals surface area contributed by atoms with Gasteiger partial charge in [-0.1, -0.05) is 87.9 Å². The van der Waals surface area contributed by atoms with Crippen LogP contribution in [-0.2, 0) is 11.3 Å². The second-order valence-corrected chi connectivity index (χ2v) is 7.01. The number of benzene rings is 1. The van der Waals surface area contributed by atoms with Gasteiger partial charge in [0.2, 0.25) is 5.91 Å². The maximum absolute atomic E-state index is 11.8. The predicted octanol–water partition coefficient (Wildman–Crippen LogP) is 6.06. The van der Waals surface area contributed by atoms with E-state index in [0.29, 0.717) is 13.0 Å². The van der Waals surface area contributed by atoms with Gasteiger partial charge in [0.25, 0.3) is 0 Å². The van der Waals surface area contributed by atoms with E-state index < -0.39 is 0 Å². The molecule has 0 atom stereocenters. The summed E-state index contributed by atoms with van der Waals surface area (Å²) in [6.07, 6.45) is 19.1. The van der Waals surface area contributed by atoms with Crippen molar-refractivity contribution < 1.29 is 4.79 Å². The highest BCUT2D eigenvalue weighted by molar-refractivity contribution is 5.75. The van der Waals surface area contributed by atoms with Crippen molar-refractivity contribution in [2.75, 3.05) is 0 Å². The van der Waals surface area contributed by atoms with Crippen LogP contribution in [0.4, 0.5) is 0 Å². The normalized spacial score (nSPS) is 11.1. The Morgan fingerprint density at radius 1 is 0.846 bits per heavy atom. The van der Waals surface area contributed by atoms with Crippen LogP contribution in [0, 0.1) is 0 Å². The summed E-state index contributed by atoms with van der Waals surface area (Å²) >= 11 is 0. The largest absolute Gasteiger partial charge is 0.291 e. The predicted molar refractivity (Wildman–Crippen MR) is 112 cm³/mol. The van der Waals surface area contributed by atoms with E-state index in [1.807, 2.05) is 30.3 Å². The van der Waals surface area contributed by atoms with Crippen LogP contribution in [-0.4, -0.2) is 5.91 Å². The van der Waals surface area contributed by atoms with Crippen molar-refractivity contribution in [3.63, 3.8) is 0 Å². The van der Waals surface area contributed by atoms with Gasteiger partial charge < -0.3 is 0 Å². The van der Waals surface area contributed by atoms with Gasteiger partial charge in [-0.25, -0.2) is 5.43 Å². The van der Waals surface area contributed by atoms with Crippen molar-refractivity contribution in [3.8, 4) is 0 Å². The first-order valence-corrected chi connectivity index (χ1v) is 10.5. The fraction of sp³-hybridized carbons (Fsp3) is 0.609. The quantitative estimate of drug-likeness (QED) is 0.214. The molecule has 3 heteroatoms. The van der Waals surface area contributed by atoms with E-state index in [4.69, 9.17) is 0 Å². The van der Waals surface area contributed by atoms with Crippen molar-refractivity contribution in [1.29, 1.82) is 0 Å². The molecule has 0 saturated carbocycles. The molecule has 0 unspecified atom stereocenters. The number of unbranched alkanes of at least 4 members (excludes halogenated alkanes) is 9. The molecule has 0 saturated heterocycles. The molecular formula is C23H38N2O. The van der Waals surface area contributed by atoms with Gasteiger partial charge in [-0.15, -0.1) is 0 Å². The van der Waals surface area contributed by atoms with Gasteiger partial charge in [0, 0.05) is 13.0 Å². The number of rotatable bonds is 16. The molecule has 0 aliphatic rings. The van der Waals surface area contributed by atoms with Crippen molar-refractivity contribution in [2.24, 2.45) is 0 Å². The van der Waals surface area contributed by atoms with Gasteiger partial charge in [-0.05, 0) is 37.7 Å². The minimum Gasteiger partial charge on any atom is -0.291 e. The molecule has 0 aliphatic heterocycles. The summed E-state index contributed by atoms with van der Waals surface area (Å²) in [4.78, 5) is 11.8. The van der Waals surface area contributed by atoms with Gasteiger partial charge in [0.15, 0.2) is 0 Å². The average molecular weight is 359 g/mol. The minimum atomic E-state index is 0.0898. The lowest BCUT2D eigenvalue weighted by Crippen LogP contribution is -2.36. The minimum absolute atomic E-state index is 0.0898. The molecule has 146 valence electrons. The highest BCUT2D eigenvalue weighted by Gasteiger charge is 2.00. The molecule has 0 aliphatic carbocycles. The number of hydrogen-bond acceptors (Lipinski definition) is 2. The van der Waals surface area contributed by atoms with Crippen LogP contribution in [0.5, 0.6) is 0 Å². The van der Waals surface area contributed by atoms with E-state index in [9.17, 15) is 4.79 Å². The van der Waals surface area contributed by atoms with Crippen molar-refractivity contribution in [1.82, 2.24) is 10.9 Å². The molecule has 1 rings (SSSR count). The third-order valence-corrected chi connectivity index (χ3v) is 4.53. The lowest BCUT2D eigenvalue weighted by molar-refractivity contribution is -0.122. The van der Waals surface area contributed by atoms with Crippen LogP contribution in [0.1, 0.15) is 89.5 Å². The Morgan fingerprint density at radius 3 is 2.15 bits per heavy atom. The van der Waals surface area contributed by atoms with E-state index in [-0.39, 0.29) is 5.91 Å². The Labute approximate surface area is 160 Å². The number of hydrogen-bond donors (Lipinski definition) is 2. The van der Waals surface area contributed by atoms with Gasteiger partial charge in [0.1, 0.15) is 0 Å². The Hall–Kier alpha value is -1.61. The zero-order valence-electron chi connectivity index (χ0n) is 16.6. The number of carbonyl (C=O) groups excluding carboxylic acids is 1. The molecule has 1 aromatic carbocycles. The molecule has 26 heavy (non-hydrogen) atoms. The van der Waals surface area contributed by atoms with E-state index in [1.165, 1.54) is 63.4 Å². The molecule has 0 bridgehead atoms. The lowest BCUT2D eigenvalue weighted by atomic mass is 10.1. The number of carbonyl (C=O) groups is 1. The lowest BCUT2D eigenvalue weighted by Gasteiger charge is -2.07. The Morgan fingerprint density at radius 2 is 1.46 bits per heavy atom. The fourth-order valence-corrected chi connectivity index (χ4v) is 2.91. The smallest absolute Gasteiger partial charge is 0.234 e. The second-order valence-electron chi connectivity index (χ2n) is 7.01. The molecule has 1 amide bonds. The van der Waals surface area contributed by atoms with Gasteiger partial charge in [0.05, 0.1) is 0 Å². The van der Waals surface area contributed by atoms with Crippen LogP contribution < -0.4 is 10.9 Å². The third kappa shape index (κ3) is 13.7. The van der Waals surface area contributed by atoms with Crippen molar-refractivity contribution in [3.05, 3.63) is 48.0 Å². The summed E-state index contributed by atoms with van der Waals surface area (Å²) in [6, 6.07) is 10.1. The maximum Gasteiger partial charge on any atom is 0.234 e. The molecule has 0 radical (unpaired) electrons. The van der Waals surface area contributed by atoms with E-state index in [2.05, 4.69) is 29.9 Å². The molecule has 2 N–H and O–H groups in total. The van der Waals surface area contributed by atoms with Crippen LogP contribution in [0.2, 0.25) is 0 Å². The monoisotopic (exact) mass is 358 g/mol. The topological polar surface area (TPSA) is 41.1 Å². The summed E-state index contributed by atoms with van der Waals surface area (Å²) in [6.45, 7) is 2.92. The van der Waals surface area contributed by atoms with E-state index >= 15 is 0 Å². The molecule has 0 spiro atoms. The fourth-order valence-electron chi connectivity index (χ4n) is 2.91. The van der Waals surface area contributed by atoms with Crippen molar-refractivity contribution in [2.45, 2.75) is 90.5 Å². The summed E-state index contributed by atoms with van der Waals surface area (Å²) < 4.78 is 0. The Balaban J connectivity index is 1.83. The third-order valence-electron chi connectivity index (χ3n) is 4.53.